The highest BCUT2D eigenvalue weighted by Crippen LogP contribution is 2.47. The second-order valence-corrected chi connectivity index (χ2v) is 17.3. The molecule has 0 spiro atoms. The maximum atomic E-state index is 13.6. The van der Waals surface area contributed by atoms with Crippen molar-refractivity contribution in [3.05, 3.63) is 83.6 Å². The first-order valence-electron chi connectivity index (χ1n) is 22.1. The minimum absolute atomic E-state index is 0.0683. The molecule has 0 bridgehead atoms. The molecule has 0 saturated carbocycles. The van der Waals surface area contributed by atoms with Crippen molar-refractivity contribution in [2.45, 2.75) is 115 Å². The Labute approximate surface area is 370 Å². The zero-order valence-electron chi connectivity index (χ0n) is 37.4. The average Bonchev–Trinajstić information content (AvgIpc) is 4.08. The van der Waals surface area contributed by atoms with Gasteiger partial charge in [-0.25, -0.2) is 9.59 Å². The number of nitrogens with zero attached hydrogens (tertiary/aromatic N) is 3. The molecule has 16 nitrogen and oxygen atoms in total. The summed E-state index contributed by atoms with van der Waals surface area (Å²) in [6.45, 7) is 8.20. The quantitative estimate of drug-likeness (QED) is 0.174. The second-order valence-electron chi connectivity index (χ2n) is 17.3. The number of alkyl carbamates (subject to hydrolysis) is 2. The number of nitrogens with one attached hydrogen (secondary N) is 4. The monoisotopic (exact) mass is 869 g/mol. The standard InChI is InChI=1S/C47H63N7O9/c1-28(2)40(50-46(59)62-6)44(57)52-26-8-10-38(52)42(55)48-32-16-12-30(13-17-32)36-24-25-37(54(36)34-20-22-35(61-5)23-21-34)31-14-18-33(19-15-31)49-43(56)39-11-9-27-53(39)45(58)41(29(3)4)51-47(60)63-7/h12-20,22-23,28-29,34,36-41H,8-11,21,24-27H2,1-7H3,(H,48,55)(H,49,56)(H,50,59)(H,51,60)/t34?,36-,37-,38-,39-,40-,41-/m0/s1. The Bertz CT molecular complexity index is 1910. The van der Waals surface area contributed by atoms with Gasteiger partial charge in [0.25, 0.3) is 0 Å². The Morgan fingerprint density at radius 3 is 1.40 bits per heavy atom. The van der Waals surface area contributed by atoms with E-state index in [1.165, 1.54) is 14.2 Å². The van der Waals surface area contributed by atoms with Crippen LogP contribution < -0.4 is 21.3 Å². The Balaban J connectivity index is 1.13. The first kappa shape index (κ1) is 46.6. The number of allylic oxidation sites excluding steroid dienone is 1. The van der Waals surface area contributed by atoms with E-state index in [-0.39, 0.29) is 53.6 Å². The molecule has 3 heterocycles. The van der Waals surface area contributed by atoms with Gasteiger partial charge in [-0.15, -0.1) is 0 Å². The molecule has 0 aromatic heterocycles. The molecule has 16 heteroatoms. The summed E-state index contributed by atoms with van der Waals surface area (Å²) in [5.41, 5.74) is 3.47. The summed E-state index contributed by atoms with van der Waals surface area (Å²) in [4.78, 5) is 84.0. The lowest BCUT2D eigenvalue weighted by molar-refractivity contribution is -0.139. The average molecular weight is 870 g/mol. The van der Waals surface area contributed by atoms with E-state index >= 15 is 0 Å². The maximum Gasteiger partial charge on any atom is 0.407 e. The fourth-order valence-electron chi connectivity index (χ4n) is 9.32. The van der Waals surface area contributed by atoms with E-state index in [2.05, 4.69) is 62.6 Å². The summed E-state index contributed by atoms with van der Waals surface area (Å²) in [5, 5.41) is 11.3. The summed E-state index contributed by atoms with van der Waals surface area (Å²) < 4.78 is 15.0. The van der Waals surface area contributed by atoms with Crippen molar-refractivity contribution in [3.8, 4) is 0 Å². The van der Waals surface area contributed by atoms with Crippen LogP contribution in [0, 0.1) is 11.8 Å². The number of amides is 6. The number of anilines is 2. The van der Waals surface area contributed by atoms with E-state index in [1.54, 1.807) is 16.9 Å². The van der Waals surface area contributed by atoms with Gasteiger partial charge >= 0.3 is 12.2 Å². The second kappa shape index (κ2) is 21.0. The molecule has 340 valence electrons. The van der Waals surface area contributed by atoms with Gasteiger partial charge in [-0.2, -0.15) is 0 Å². The zero-order chi connectivity index (χ0) is 45.4. The van der Waals surface area contributed by atoms with E-state index < -0.39 is 36.4 Å². The van der Waals surface area contributed by atoms with Crippen LogP contribution in [-0.4, -0.2) is 115 Å². The number of carbonyl (C=O) groups is 6. The number of hydrogen-bond acceptors (Lipinski definition) is 10. The Hall–Kier alpha value is -5.90. The van der Waals surface area contributed by atoms with E-state index in [9.17, 15) is 28.8 Å². The Morgan fingerprint density at radius 2 is 1.05 bits per heavy atom. The summed E-state index contributed by atoms with van der Waals surface area (Å²) in [5.74, 6) is -0.734. The highest BCUT2D eigenvalue weighted by atomic mass is 16.5. The van der Waals surface area contributed by atoms with Gasteiger partial charge in [0.15, 0.2) is 0 Å². The van der Waals surface area contributed by atoms with Crippen molar-refractivity contribution in [3.63, 3.8) is 0 Å². The number of likely N-dealkylation sites (tertiary alicyclic amines) is 3. The molecule has 3 fully saturated rings. The van der Waals surface area contributed by atoms with Gasteiger partial charge in [0.1, 0.15) is 29.9 Å². The number of carbonyl (C=O) groups excluding carboxylic acids is 6. The van der Waals surface area contributed by atoms with Gasteiger partial charge < -0.3 is 45.3 Å². The maximum absolute atomic E-state index is 13.6. The first-order chi connectivity index (χ1) is 30.2. The smallest absolute Gasteiger partial charge is 0.407 e. The summed E-state index contributed by atoms with van der Waals surface area (Å²) in [6.07, 6.45) is 9.87. The molecule has 1 unspecified atom stereocenters. The van der Waals surface area contributed by atoms with E-state index in [0.717, 1.165) is 36.1 Å². The molecule has 2 aromatic carbocycles. The lowest BCUT2D eigenvalue weighted by Gasteiger charge is -2.37. The van der Waals surface area contributed by atoms with Crippen LogP contribution >= 0.6 is 0 Å². The predicted octanol–water partition coefficient (Wildman–Crippen LogP) is 6.04. The van der Waals surface area contributed by atoms with Crippen molar-refractivity contribution in [2.24, 2.45) is 11.8 Å². The van der Waals surface area contributed by atoms with Gasteiger partial charge in [-0.1, -0.05) is 58.0 Å². The van der Waals surface area contributed by atoms with Gasteiger partial charge in [0.05, 0.1) is 21.3 Å². The van der Waals surface area contributed by atoms with E-state index in [0.29, 0.717) is 50.1 Å². The summed E-state index contributed by atoms with van der Waals surface area (Å²) in [7, 11) is 4.16. The zero-order valence-corrected chi connectivity index (χ0v) is 37.4. The molecule has 63 heavy (non-hydrogen) atoms. The molecule has 2 aromatic rings. The van der Waals surface area contributed by atoms with Gasteiger partial charge in [-0.3, -0.25) is 24.1 Å². The van der Waals surface area contributed by atoms with E-state index in [1.807, 2.05) is 58.0 Å². The van der Waals surface area contributed by atoms with Gasteiger partial charge in [-0.05, 0) is 104 Å². The molecule has 3 saturated heterocycles. The molecule has 1 aliphatic carbocycles. The fourth-order valence-corrected chi connectivity index (χ4v) is 9.32. The summed E-state index contributed by atoms with van der Waals surface area (Å²) in [6, 6.07) is 13.1. The third-order valence-corrected chi connectivity index (χ3v) is 12.7. The van der Waals surface area contributed by atoms with Crippen LogP contribution in [0.25, 0.3) is 0 Å². The molecule has 4 aliphatic rings. The number of hydrogen-bond donors (Lipinski definition) is 4. The molecular weight excluding hydrogens is 807 g/mol. The third-order valence-electron chi connectivity index (χ3n) is 12.7. The topological polar surface area (TPSA) is 188 Å². The number of rotatable bonds is 14. The molecule has 4 N–H and O–H groups in total. The lowest BCUT2D eigenvalue weighted by Crippen LogP contribution is -2.54. The number of ether oxygens (including phenoxy) is 3. The molecule has 0 radical (unpaired) electrons. The third kappa shape index (κ3) is 10.8. The Morgan fingerprint density at radius 1 is 0.619 bits per heavy atom. The highest BCUT2D eigenvalue weighted by molar-refractivity contribution is 5.99. The summed E-state index contributed by atoms with van der Waals surface area (Å²) >= 11 is 0. The van der Waals surface area contributed by atoms with Crippen LogP contribution in [-0.2, 0) is 33.4 Å². The van der Waals surface area contributed by atoms with Crippen molar-refractivity contribution in [1.82, 2.24) is 25.3 Å². The molecule has 6 amide bonds. The van der Waals surface area contributed by atoms with Crippen molar-refractivity contribution in [2.75, 3.05) is 45.1 Å². The predicted molar refractivity (Wildman–Crippen MR) is 237 cm³/mol. The normalized spacial score (nSPS) is 23.2. The lowest BCUT2D eigenvalue weighted by atomic mass is 9.98. The van der Waals surface area contributed by atoms with Crippen LogP contribution in [0.1, 0.15) is 95.9 Å². The minimum atomic E-state index is -0.813. The highest BCUT2D eigenvalue weighted by Gasteiger charge is 2.42. The van der Waals surface area contributed by atoms with Crippen LogP contribution in [0.3, 0.4) is 0 Å². The molecular formula is C47H63N7O9. The van der Waals surface area contributed by atoms with Crippen molar-refractivity contribution >= 4 is 47.2 Å². The molecule has 6 rings (SSSR count). The number of methoxy groups -OCH3 is 3. The molecule has 3 aliphatic heterocycles. The van der Waals surface area contributed by atoms with Gasteiger partial charge in [0, 0.05) is 42.6 Å². The molecule has 7 atom stereocenters. The SMILES string of the molecule is COC(=O)N[C@H](C(=O)N1CCC[C@H]1C(=O)Nc1ccc([C@@H]2CC[C@@H](c3ccc(NC(=O)[C@@H]4CCCN4C(=O)[C@@H](NC(=O)OC)C(C)C)cc3)N2C2C=CC(OC)=CC2)cc1)C(C)C. The fraction of sp³-hybridized carbons (Fsp3) is 0.532. The van der Waals surface area contributed by atoms with Crippen molar-refractivity contribution < 1.29 is 43.0 Å². The first-order valence-corrected chi connectivity index (χ1v) is 22.1. The van der Waals surface area contributed by atoms with Gasteiger partial charge in [0.2, 0.25) is 23.6 Å². The van der Waals surface area contributed by atoms with E-state index in [4.69, 9.17) is 14.2 Å². The van der Waals surface area contributed by atoms with Crippen molar-refractivity contribution in [1.29, 1.82) is 0 Å². The Kier molecular flexibility index (Phi) is 15.5. The number of benzene rings is 2. The van der Waals surface area contributed by atoms with Crippen LogP contribution in [0.15, 0.2) is 72.5 Å². The van der Waals surface area contributed by atoms with Crippen LogP contribution in [0.4, 0.5) is 21.0 Å². The van der Waals surface area contributed by atoms with Crippen LogP contribution in [0.2, 0.25) is 0 Å². The largest absolute Gasteiger partial charge is 0.497 e. The van der Waals surface area contributed by atoms with Crippen LogP contribution in [0.5, 0.6) is 0 Å². The minimum Gasteiger partial charge on any atom is -0.497 e.